The second-order valence-electron chi connectivity index (χ2n) is 13.2. The third-order valence-corrected chi connectivity index (χ3v) is 10.3. The summed E-state index contributed by atoms with van der Waals surface area (Å²) in [7, 11) is 0. The minimum atomic E-state index is 0.639. The number of nitrogens with two attached hydrogens (primary N) is 2. The molecule has 4 rings (SSSR count). The summed E-state index contributed by atoms with van der Waals surface area (Å²) in [4.78, 5) is 0. The van der Waals surface area contributed by atoms with E-state index in [1.165, 1.54) is 139 Å². The van der Waals surface area contributed by atoms with Gasteiger partial charge in [0.1, 0.15) is 0 Å². The molecular formula is C37H58N2. The highest BCUT2D eigenvalue weighted by molar-refractivity contribution is 5.57. The molecule has 0 aliphatic heterocycles. The van der Waals surface area contributed by atoms with Gasteiger partial charge in [-0.3, -0.25) is 0 Å². The molecule has 2 aromatic rings. The lowest BCUT2D eigenvalue weighted by Crippen LogP contribution is -2.25. The molecule has 0 atom stereocenters. The van der Waals surface area contributed by atoms with E-state index in [2.05, 4.69) is 37.3 Å². The van der Waals surface area contributed by atoms with E-state index < -0.39 is 0 Å². The maximum atomic E-state index is 6.76. The van der Waals surface area contributed by atoms with Gasteiger partial charge in [-0.2, -0.15) is 0 Å². The first-order chi connectivity index (χ1) is 19.1. The Labute approximate surface area is 240 Å². The molecule has 39 heavy (non-hydrogen) atoms. The minimum absolute atomic E-state index is 0.639. The van der Waals surface area contributed by atoms with E-state index in [0.29, 0.717) is 5.92 Å². The fraction of sp³-hybridized carbons (Fsp3) is 0.676. The molecule has 0 unspecified atom stereocenters. The first-order valence-electron chi connectivity index (χ1n) is 16.9. The number of benzene rings is 2. The van der Waals surface area contributed by atoms with E-state index in [4.69, 9.17) is 11.5 Å². The van der Waals surface area contributed by atoms with E-state index in [-0.39, 0.29) is 0 Å². The molecule has 0 radical (unpaired) electrons. The summed E-state index contributed by atoms with van der Waals surface area (Å²) in [6.45, 7) is 2.31. The average molecular weight is 531 g/mol. The van der Waals surface area contributed by atoms with Crippen molar-refractivity contribution >= 4 is 11.4 Å². The Bertz CT molecular complexity index is 932. The molecule has 2 aromatic carbocycles. The highest BCUT2D eigenvalue weighted by Crippen LogP contribution is 2.45. The fourth-order valence-corrected chi connectivity index (χ4v) is 7.77. The Balaban J connectivity index is 1.11. The molecule has 0 saturated heterocycles. The number of hydrogen-bond acceptors (Lipinski definition) is 2. The maximum absolute atomic E-state index is 6.76. The van der Waals surface area contributed by atoms with Gasteiger partial charge in [-0.15, -0.1) is 0 Å². The van der Waals surface area contributed by atoms with Crippen LogP contribution in [0.15, 0.2) is 42.5 Å². The first-order valence-corrected chi connectivity index (χ1v) is 16.9. The van der Waals surface area contributed by atoms with E-state index in [0.717, 1.165) is 35.5 Å². The lowest BCUT2D eigenvalue weighted by atomic mass is 9.67. The van der Waals surface area contributed by atoms with Crippen LogP contribution in [-0.2, 0) is 6.42 Å². The number of para-hydroxylation sites is 1. The zero-order valence-corrected chi connectivity index (χ0v) is 25.1. The van der Waals surface area contributed by atoms with Gasteiger partial charge in [0.25, 0.3) is 0 Å². The minimum Gasteiger partial charge on any atom is -0.399 e. The van der Waals surface area contributed by atoms with E-state index in [1.807, 2.05) is 12.1 Å². The third-order valence-electron chi connectivity index (χ3n) is 10.3. The summed E-state index contributed by atoms with van der Waals surface area (Å²) in [5, 5.41) is 0. The number of unbranched alkanes of at least 4 members (excludes halogenated alkanes) is 9. The van der Waals surface area contributed by atoms with E-state index in [1.54, 1.807) is 0 Å². The maximum Gasteiger partial charge on any atom is 0.0385 e. The summed E-state index contributed by atoms with van der Waals surface area (Å²) in [5.41, 5.74) is 18.4. The van der Waals surface area contributed by atoms with Crippen LogP contribution >= 0.6 is 0 Å². The Morgan fingerprint density at radius 3 is 1.79 bits per heavy atom. The fourth-order valence-electron chi connectivity index (χ4n) is 7.77. The highest BCUT2D eigenvalue weighted by atomic mass is 14.6. The molecule has 0 bridgehead atoms. The van der Waals surface area contributed by atoms with Gasteiger partial charge in [0.05, 0.1) is 0 Å². The SMILES string of the molecule is CCCCCCCCCCCCC1CCC(C2CCC(c3cccc(Cc4ccc(N)cc4)c3N)CC2)CC1. The van der Waals surface area contributed by atoms with Gasteiger partial charge < -0.3 is 11.5 Å². The molecule has 2 aliphatic carbocycles. The van der Waals surface area contributed by atoms with Crippen LogP contribution in [0.4, 0.5) is 11.4 Å². The van der Waals surface area contributed by atoms with Crippen molar-refractivity contribution in [2.45, 2.75) is 141 Å². The van der Waals surface area contributed by atoms with Crippen LogP contribution < -0.4 is 11.5 Å². The summed E-state index contributed by atoms with van der Waals surface area (Å²) in [6, 6.07) is 14.9. The lowest BCUT2D eigenvalue weighted by molar-refractivity contribution is 0.155. The average Bonchev–Trinajstić information content (AvgIpc) is 2.97. The molecule has 0 aromatic heterocycles. The van der Waals surface area contributed by atoms with Gasteiger partial charge in [-0.05, 0) is 97.4 Å². The standard InChI is InChI=1S/C37H58N2/c1-2-3-4-5-6-7-8-9-10-11-13-29-16-20-31(21-17-29)32-22-24-33(25-23-32)36-15-12-14-34(37(36)39)28-30-18-26-35(38)27-19-30/h12,14-15,18-19,26-27,29,31-33H,2-11,13,16-17,20-25,28,38-39H2,1H3. The van der Waals surface area contributed by atoms with Gasteiger partial charge in [-0.1, -0.05) is 121 Å². The normalized spacial score (nSPS) is 23.6. The topological polar surface area (TPSA) is 52.0 Å². The van der Waals surface area contributed by atoms with Crippen LogP contribution in [0.1, 0.15) is 152 Å². The number of hydrogen-bond donors (Lipinski definition) is 2. The summed E-state index contributed by atoms with van der Waals surface area (Å²) in [5.74, 6) is 3.61. The Hall–Kier alpha value is -1.96. The van der Waals surface area contributed by atoms with Crippen molar-refractivity contribution in [3.05, 3.63) is 59.2 Å². The predicted molar refractivity (Wildman–Crippen MR) is 171 cm³/mol. The number of nitrogen functional groups attached to an aromatic ring is 2. The molecule has 0 heterocycles. The van der Waals surface area contributed by atoms with Crippen molar-refractivity contribution in [2.24, 2.45) is 17.8 Å². The van der Waals surface area contributed by atoms with Crippen molar-refractivity contribution in [2.75, 3.05) is 11.5 Å². The molecule has 2 heteroatoms. The largest absolute Gasteiger partial charge is 0.399 e. The van der Waals surface area contributed by atoms with Gasteiger partial charge in [0.2, 0.25) is 0 Å². The molecule has 2 aliphatic rings. The van der Waals surface area contributed by atoms with Gasteiger partial charge in [0.15, 0.2) is 0 Å². The predicted octanol–water partition coefficient (Wildman–Crippen LogP) is 10.8. The van der Waals surface area contributed by atoms with Crippen LogP contribution in [0.25, 0.3) is 0 Å². The van der Waals surface area contributed by atoms with Crippen LogP contribution in [-0.4, -0.2) is 0 Å². The van der Waals surface area contributed by atoms with Crippen molar-refractivity contribution < 1.29 is 0 Å². The number of anilines is 2. The molecule has 2 nitrogen and oxygen atoms in total. The third kappa shape index (κ3) is 9.58. The zero-order chi connectivity index (χ0) is 27.3. The molecule has 0 spiro atoms. The molecule has 0 amide bonds. The highest BCUT2D eigenvalue weighted by Gasteiger charge is 2.31. The molecule has 2 fully saturated rings. The van der Waals surface area contributed by atoms with Crippen LogP contribution in [0.5, 0.6) is 0 Å². The molecule has 4 N–H and O–H groups in total. The Morgan fingerprint density at radius 1 is 0.615 bits per heavy atom. The molecule has 216 valence electrons. The first kappa shape index (κ1) is 30.0. The lowest BCUT2D eigenvalue weighted by Gasteiger charge is -2.38. The van der Waals surface area contributed by atoms with Gasteiger partial charge >= 0.3 is 0 Å². The van der Waals surface area contributed by atoms with Crippen molar-refractivity contribution in [3.8, 4) is 0 Å². The number of rotatable bonds is 15. The van der Waals surface area contributed by atoms with Crippen LogP contribution in [0, 0.1) is 17.8 Å². The quantitative estimate of drug-likeness (QED) is 0.178. The summed E-state index contributed by atoms with van der Waals surface area (Å²) < 4.78 is 0. The summed E-state index contributed by atoms with van der Waals surface area (Å²) in [6.07, 6.45) is 28.4. The second-order valence-corrected chi connectivity index (χ2v) is 13.2. The molecular weight excluding hydrogens is 472 g/mol. The zero-order valence-electron chi connectivity index (χ0n) is 25.1. The van der Waals surface area contributed by atoms with Crippen LogP contribution in [0.3, 0.4) is 0 Å². The van der Waals surface area contributed by atoms with Crippen molar-refractivity contribution in [3.63, 3.8) is 0 Å². The van der Waals surface area contributed by atoms with Gasteiger partial charge in [-0.25, -0.2) is 0 Å². The van der Waals surface area contributed by atoms with Gasteiger partial charge in [0, 0.05) is 11.4 Å². The van der Waals surface area contributed by atoms with Crippen molar-refractivity contribution in [1.29, 1.82) is 0 Å². The Kier molecular flexibility index (Phi) is 12.6. The van der Waals surface area contributed by atoms with Crippen molar-refractivity contribution in [1.82, 2.24) is 0 Å². The Morgan fingerprint density at radius 2 is 1.18 bits per heavy atom. The smallest absolute Gasteiger partial charge is 0.0385 e. The second kappa shape index (κ2) is 16.3. The van der Waals surface area contributed by atoms with E-state index >= 15 is 0 Å². The van der Waals surface area contributed by atoms with E-state index in [9.17, 15) is 0 Å². The van der Waals surface area contributed by atoms with Crippen LogP contribution in [0.2, 0.25) is 0 Å². The molecule has 2 saturated carbocycles. The summed E-state index contributed by atoms with van der Waals surface area (Å²) >= 11 is 0. The monoisotopic (exact) mass is 530 g/mol.